The highest BCUT2D eigenvalue weighted by atomic mass is 32.2. The molecule has 0 bridgehead atoms. The molecule has 0 saturated carbocycles. The molecule has 0 saturated heterocycles. The Morgan fingerprint density at radius 1 is 0.957 bits per heavy atom. The van der Waals surface area contributed by atoms with Gasteiger partial charge in [-0.15, -0.1) is 0 Å². The summed E-state index contributed by atoms with van der Waals surface area (Å²) in [7, 11) is -0.656. The van der Waals surface area contributed by atoms with Gasteiger partial charge in [-0.05, 0) is 48.6 Å². The Morgan fingerprint density at radius 3 is 2.00 bits per heavy atom. The van der Waals surface area contributed by atoms with Gasteiger partial charge in [0.15, 0.2) is 0 Å². The van der Waals surface area contributed by atoms with Crippen LogP contribution in [0.3, 0.4) is 0 Å². The van der Waals surface area contributed by atoms with Crippen LogP contribution in [0, 0.1) is 22.7 Å². The number of nitrogens with zero attached hydrogens (tertiary/aromatic N) is 2. The Labute approximate surface area is 274 Å². The van der Waals surface area contributed by atoms with Crippen LogP contribution < -0.4 is 15.4 Å². The molecule has 3 N–H and O–H groups in total. The molecule has 250 valence electrons. The zero-order chi connectivity index (χ0) is 35.0. The molecule has 0 fully saturated rings. The van der Waals surface area contributed by atoms with Gasteiger partial charge in [0.1, 0.15) is 6.04 Å². The van der Waals surface area contributed by atoms with Crippen molar-refractivity contribution in [2.24, 2.45) is 11.3 Å². The Bertz CT molecular complexity index is 1550. The van der Waals surface area contributed by atoms with Gasteiger partial charge in [-0.3, -0.25) is 14.4 Å². The molecule has 0 spiro atoms. The van der Waals surface area contributed by atoms with Crippen molar-refractivity contribution in [3.05, 3.63) is 82.9 Å². The maximum atomic E-state index is 14.1. The molecule has 3 unspecified atom stereocenters. The van der Waals surface area contributed by atoms with Gasteiger partial charge in [-0.25, -0.2) is 13.1 Å². The predicted molar refractivity (Wildman–Crippen MR) is 181 cm³/mol. The minimum absolute atomic E-state index is 0.144. The second-order valence-electron chi connectivity index (χ2n) is 13.6. The monoisotopic (exact) mass is 651 g/mol. The largest absolute Gasteiger partial charge is 0.342 e. The number of amides is 3. The summed E-state index contributed by atoms with van der Waals surface area (Å²) in [6.45, 7) is 14.7. The summed E-state index contributed by atoms with van der Waals surface area (Å²) in [5.74, 6) is -1.98. The molecule has 46 heavy (non-hydrogen) atoms. The Balaban J connectivity index is 2.31. The second kappa shape index (κ2) is 15.5. The SMILES string of the molecule is CNC(C(=O)NC(C(=O)N(C)C(/C=C(\C)C(=O)NS(=O)(=O)Cc1ccccc1)C(C)C)C(C)(C)C)C(C)(C)c1ccc(C#N)cc1. The van der Waals surface area contributed by atoms with Gasteiger partial charge in [0.05, 0.1) is 29.5 Å². The van der Waals surface area contributed by atoms with Crippen molar-refractivity contribution >= 4 is 27.7 Å². The van der Waals surface area contributed by atoms with E-state index in [1.54, 1.807) is 62.6 Å². The highest BCUT2D eigenvalue weighted by molar-refractivity contribution is 7.89. The van der Waals surface area contributed by atoms with Crippen molar-refractivity contribution in [3.63, 3.8) is 0 Å². The quantitative estimate of drug-likeness (QED) is 0.277. The van der Waals surface area contributed by atoms with Gasteiger partial charge >= 0.3 is 0 Å². The molecule has 3 amide bonds. The van der Waals surface area contributed by atoms with Crippen molar-refractivity contribution in [2.45, 2.75) is 84.7 Å². The molecule has 2 rings (SSSR count). The van der Waals surface area contributed by atoms with E-state index in [-0.39, 0.29) is 29.1 Å². The molecule has 0 aliphatic heterocycles. The van der Waals surface area contributed by atoms with E-state index in [9.17, 15) is 28.1 Å². The molecule has 0 radical (unpaired) electrons. The average molecular weight is 652 g/mol. The lowest BCUT2D eigenvalue weighted by atomic mass is 9.76. The topological polar surface area (TPSA) is 148 Å². The van der Waals surface area contributed by atoms with Gasteiger partial charge in [-0.2, -0.15) is 5.26 Å². The number of carbonyl (C=O) groups is 3. The van der Waals surface area contributed by atoms with Gasteiger partial charge in [0.25, 0.3) is 5.91 Å². The third-order valence-corrected chi connectivity index (χ3v) is 9.34. The van der Waals surface area contributed by atoms with Crippen LogP contribution in [-0.2, 0) is 35.6 Å². The van der Waals surface area contributed by atoms with Crippen LogP contribution in [-0.4, -0.2) is 63.3 Å². The zero-order valence-electron chi connectivity index (χ0n) is 28.6. The first-order valence-corrected chi connectivity index (χ1v) is 16.9. The van der Waals surface area contributed by atoms with E-state index >= 15 is 0 Å². The first kappa shape index (κ1) is 38.2. The van der Waals surface area contributed by atoms with Gasteiger partial charge in [0, 0.05) is 18.0 Å². The third-order valence-electron chi connectivity index (χ3n) is 8.13. The van der Waals surface area contributed by atoms with Crippen LogP contribution in [0.4, 0.5) is 0 Å². The third kappa shape index (κ3) is 9.99. The zero-order valence-corrected chi connectivity index (χ0v) is 29.5. The minimum atomic E-state index is -3.95. The summed E-state index contributed by atoms with van der Waals surface area (Å²) >= 11 is 0. The van der Waals surface area contributed by atoms with Crippen molar-refractivity contribution in [1.29, 1.82) is 5.26 Å². The Morgan fingerprint density at radius 2 is 1.52 bits per heavy atom. The smallest absolute Gasteiger partial charge is 0.260 e. The van der Waals surface area contributed by atoms with Crippen LogP contribution in [0.15, 0.2) is 66.2 Å². The number of sulfonamides is 1. The van der Waals surface area contributed by atoms with E-state index in [0.717, 1.165) is 5.56 Å². The fourth-order valence-corrected chi connectivity index (χ4v) is 6.47. The number of hydrogen-bond acceptors (Lipinski definition) is 7. The molecule has 2 aromatic carbocycles. The van der Waals surface area contributed by atoms with E-state index in [0.29, 0.717) is 11.1 Å². The highest BCUT2D eigenvalue weighted by Gasteiger charge is 2.41. The number of carbonyl (C=O) groups excluding carboxylic acids is 3. The first-order valence-electron chi connectivity index (χ1n) is 15.3. The first-order chi connectivity index (χ1) is 21.2. The van der Waals surface area contributed by atoms with Crippen molar-refractivity contribution in [2.75, 3.05) is 14.1 Å². The standard InChI is InChI=1S/C35H49N5O5S/c1-23(2)28(20-24(3)31(41)39-46(44,45)22-26-14-12-11-13-15-26)40(10)33(43)30(34(4,5)6)38-32(42)29(37-9)35(7,8)27-18-16-25(21-36)17-19-27/h11-20,23,28-30,37H,22H2,1-10H3,(H,38,42)(H,39,41)/b24-20+. The molecule has 0 heterocycles. The maximum Gasteiger partial charge on any atom is 0.260 e. The summed E-state index contributed by atoms with van der Waals surface area (Å²) in [6, 6.07) is 15.5. The van der Waals surface area contributed by atoms with E-state index in [4.69, 9.17) is 0 Å². The number of nitrogens with one attached hydrogen (secondary N) is 3. The normalized spacial score (nSPS) is 14.5. The number of likely N-dealkylation sites (N-methyl/N-ethyl adjacent to an activating group) is 2. The lowest BCUT2D eigenvalue weighted by molar-refractivity contribution is -0.140. The summed E-state index contributed by atoms with van der Waals surface area (Å²) in [5.41, 5.74) is 0.680. The summed E-state index contributed by atoms with van der Waals surface area (Å²) in [4.78, 5) is 42.4. The van der Waals surface area contributed by atoms with Crippen LogP contribution in [0.1, 0.15) is 72.1 Å². The van der Waals surface area contributed by atoms with Gasteiger partial charge < -0.3 is 15.5 Å². The summed E-state index contributed by atoms with van der Waals surface area (Å²) < 4.78 is 27.5. The van der Waals surface area contributed by atoms with Crippen LogP contribution in [0.5, 0.6) is 0 Å². The van der Waals surface area contributed by atoms with Crippen molar-refractivity contribution in [3.8, 4) is 6.07 Å². The van der Waals surface area contributed by atoms with Gasteiger partial charge in [-0.1, -0.05) is 97.0 Å². The lowest BCUT2D eigenvalue weighted by Gasteiger charge is -2.40. The fourth-order valence-electron chi connectivity index (χ4n) is 5.32. The van der Waals surface area contributed by atoms with E-state index in [1.807, 2.05) is 60.6 Å². The van der Waals surface area contributed by atoms with E-state index in [1.165, 1.54) is 11.8 Å². The number of hydrogen-bond donors (Lipinski definition) is 3. The van der Waals surface area contributed by atoms with Crippen molar-refractivity contribution in [1.82, 2.24) is 20.3 Å². The average Bonchev–Trinajstić information content (AvgIpc) is 2.97. The summed E-state index contributed by atoms with van der Waals surface area (Å²) in [5, 5.41) is 15.3. The predicted octanol–water partition coefficient (Wildman–Crippen LogP) is 4.03. The maximum absolute atomic E-state index is 14.1. The molecule has 3 atom stereocenters. The van der Waals surface area contributed by atoms with Crippen LogP contribution in [0.25, 0.3) is 0 Å². The highest BCUT2D eigenvalue weighted by Crippen LogP contribution is 2.29. The number of benzene rings is 2. The molecular weight excluding hydrogens is 602 g/mol. The lowest BCUT2D eigenvalue weighted by Crippen LogP contribution is -2.61. The minimum Gasteiger partial charge on any atom is -0.342 e. The fraction of sp³-hybridized carbons (Fsp3) is 0.486. The second-order valence-corrected chi connectivity index (χ2v) is 15.4. The van der Waals surface area contributed by atoms with Crippen molar-refractivity contribution < 1.29 is 22.8 Å². The molecular formula is C35H49N5O5S. The Hall–Kier alpha value is -4.01. The molecule has 11 heteroatoms. The number of nitriles is 1. The van der Waals surface area contributed by atoms with Gasteiger partial charge in [0.2, 0.25) is 21.8 Å². The Kier molecular flexibility index (Phi) is 12.9. The number of rotatable bonds is 13. The van der Waals surface area contributed by atoms with E-state index < -0.39 is 44.9 Å². The molecule has 0 aliphatic carbocycles. The molecule has 2 aromatic rings. The van der Waals surface area contributed by atoms with Crippen LogP contribution in [0.2, 0.25) is 0 Å². The molecule has 0 aliphatic rings. The molecule has 10 nitrogen and oxygen atoms in total. The van der Waals surface area contributed by atoms with Crippen LogP contribution >= 0.6 is 0 Å². The molecule has 0 aromatic heterocycles. The summed E-state index contributed by atoms with van der Waals surface area (Å²) in [6.07, 6.45) is 1.59. The van der Waals surface area contributed by atoms with E-state index in [2.05, 4.69) is 21.4 Å².